The minimum absolute atomic E-state index is 0. The summed E-state index contributed by atoms with van der Waals surface area (Å²) in [6, 6.07) is 16.8. The van der Waals surface area contributed by atoms with Crippen molar-refractivity contribution in [3.8, 4) is 0 Å². The smallest absolute Gasteiger partial charge is 0.224 e. The van der Waals surface area contributed by atoms with Crippen LogP contribution in [0.1, 0.15) is 49.7 Å². The molecule has 0 saturated heterocycles. The Hall–Kier alpha value is -2.26. The molecule has 1 aliphatic rings. The maximum absolute atomic E-state index is 12.6. The molecule has 1 aliphatic carbocycles. The molecular weight excluding hydrogens is 380 g/mol. The Morgan fingerprint density at radius 1 is 1.07 bits per heavy atom. The van der Waals surface area contributed by atoms with Crippen LogP contribution in [0.5, 0.6) is 0 Å². The van der Waals surface area contributed by atoms with Gasteiger partial charge in [-0.15, -0.1) is 12.4 Å². The largest absolute Gasteiger partial charge is 0.345 e. The number of halogens is 1. The highest BCUT2D eigenvalue weighted by Gasteiger charge is 2.17. The van der Waals surface area contributed by atoms with Crippen LogP contribution < -0.4 is 5.32 Å². The number of hydrogen-bond acceptors (Lipinski definition) is 1. The average Bonchev–Trinajstić information content (AvgIpc) is 3.05. The van der Waals surface area contributed by atoms with Gasteiger partial charge in [-0.1, -0.05) is 67.3 Å². The summed E-state index contributed by atoms with van der Waals surface area (Å²) in [6.07, 6.45) is 10.2. The van der Waals surface area contributed by atoms with E-state index < -0.39 is 0 Å². The van der Waals surface area contributed by atoms with E-state index in [0.717, 1.165) is 30.0 Å². The lowest BCUT2D eigenvalue weighted by atomic mass is 9.89. The van der Waals surface area contributed by atoms with Crippen molar-refractivity contribution in [3.05, 3.63) is 65.9 Å². The zero-order chi connectivity index (χ0) is 19.3. The number of anilines is 1. The molecule has 1 saturated carbocycles. The molecule has 1 N–H and O–H groups in total. The second kappa shape index (κ2) is 9.98. The molecule has 3 nitrogen and oxygen atoms in total. The summed E-state index contributed by atoms with van der Waals surface area (Å²) in [4.78, 5) is 12.6. The Balaban J connectivity index is 0.00000240. The number of amides is 1. The van der Waals surface area contributed by atoms with Crippen molar-refractivity contribution in [2.24, 2.45) is 5.92 Å². The molecule has 1 aromatic heterocycles. The third kappa shape index (κ3) is 5.42. The molecule has 4 rings (SSSR count). The van der Waals surface area contributed by atoms with Crippen molar-refractivity contribution >= 4 is 34.9 Å². The van der Waals surface area contributed by atoms with E-state index in [-0.39, 0.29) is 18.3 Å². The molecule has 0 radical (unpaired) electrons. The SMILES string of the molecule is Cc1cccc(CCC(=O)Nc2cn(CC3CCCCC3)c3ccccc23)c1.Cl. The van der Waals surface area contributed by atoms with E-state index in [2.05, 4.69) is 71.5 Å². The minimum Gasteiger partial charge on any atom is -0.345 e. The van der Waals surface area contributed by atoms with Crippen LogP contribution in [-0.4, -0.2) is 10.5 Å². The van der Waals surface area contributed by atoms with Gasteiger partial charge >= 0.3 is 0 Å². The van der Waals surface area contributed by atoms with Crippen LogP contribution in [0, 0.1) is 12.8 Å². The molecule has 0 atom stereocenters. The number of rotatable bonds is 6. The number of carbonyl (C=O) groups excluding carboxylic acids is 1. The van der Waals surface area contributed by atoms with Gasteiger partial charge < -0.3 is 9.88 Å². The Morgan fingerprint density at radius 2 is 1.86 bits per heavy atom. The number of para-hydroxylation sites is 1. The van der Waals surface area contributed by atoms with E-state index >= 15 is 0 Å². The number of carbonyl (C=O) groups is 1. The first-order chi connectivity index (χ1) is 13.7. The van der Waals surface area contributed by atoms with E-state index in [4.69, 9.17) is 0 Å². The number of fused-ring (bicyclic) bond motifs is 1. The Kier molecular flexibility index (Phi) is 7.38. The standard InChI is InChI=1S/C25H30N2O.ClH/c1-19-8-7-11-20(16-19)14-15-25(28)26-23-18-27(17-21-9-3-2-4-10-21)24-13-6-5-12-22(23)24;/h5-8,11-13,16,18,21H,2-4,9-10,14-15,17H2,1H3,(H,26,28);1H. The zero-order valence-corrected chi connectivity index (χ0v) is 18.0. The molecule has 0 aliphatic heterocycles. The van der Waals surface area contributed by atoms with Crippen LogP contribution in [0.25, 0.3) is 10.9 Å². The third-order valence-electron chi connectivity index (χ3n) is 5.97. The van der Waals surface area contributed by atoms with Crippen molar-refractivity contribution in [2.45, 2.75) is 58.4 Å². The van der Waals surface area contributed by atoms with Gasteiger partial charge in [-0.3, -0.25) is 4.79 Å². The Labute approximate surface area is 179 Å². The second-order valence-electron chi connectivity index (χ2n) is 8.25. The fourth-order valence-corrected chi connectivity index (χ4v) is 4.48. The summed E-state index contributed by atoms with van der Waals surface area (Å²) in [5, 5.41) is 4.31. The maximum atomic E-state index is 12.6. The Bertz CT molecular complexity index is 956. The molecule has 2 aromatic carbocycles. The van der Waals surface area contributed by atoms with Gasteiger partial charge in [-0.2, -0.15) is 0 Å². The fourth-order valence-electron chi connectivity index (χ4n) is 4.48. The molecule has 29 heavy (non-hydrogen) atoms. The first kappa shape index (κ1) is 21.4. The quantitative estimate of drug-likeness (QED) is 0.492. The second-order valence-corrected chi connectivity index (χ2v) is 8.25. The molecular formula is C25H31ClN2O. The van der Waals surface area contributed by atoms with Crippen molar-refractivity contribution in [1.82, 2.24) is 4.57 Å². The first-order valence-electron chi connectivity index (χ1n) is 10.6. The van der Waals surface area contributed by atoms with Crippen molar-refractivity contribution in [1.29, 1.82) is 0 Å². The topological polar surface area (TPSA) is 34.0 Å². The summed E-state index contributed by atoms with van der Waals surface area (Å²) in [5.74, 6) is 0.844. The van der Waals surface area contributed by atoms with E-state index in [1.54, 1.807) is 0 Å². The molecule has 0 bridgehead atoms. The number of aryl methyl sites for hydroxylation is 2. The predicted molar refractivity (Wildman–Crippen MR) is 124 cm³/mol. The van der Waals surface area contributed by atoms with E-state index in [0.29, 0.717) is 6.42 Å². The van der Waals surface area contributed by atoms with Gasteiger partial charge in [0.05, 0.1) is 11.2 Å². The van der Waals surface area contributed by atoms with Crippen molar-refractivity contribution < 1.29 is 4.79 Å². The maximum Gasteiger partial charge on any atom is 0.224 e. The molecule has 3 aromatic rings. The highest BCUT2D eigenvalue weighted by atomic mass is 35.5. The van der Waals surface area contributed by atoms with Crippen molar-refractivity contribution in [2.75, 3.05) is 5.32 Å². The van der Waals surface area contributed by atoms with Gasteiger partial charge in [0, 0.05) is 24.5 Å². The van der Waals surface area contributed by atoms with Crippen LogP contribution >= 0.6 is 12.4 Å². The molecule has 0 spiro atoms. The number of hydrogen-bond donors (Lipinski definition) is 1. The molecule has 1 amide bonds. The summed E-state index contributed by atoms with van der Waals surface area (Å²) in [7, 11) is 0. The van der Waals surface area contributed by atoms with E-state index in [9.17, 15) is 4.79 Å². The third-order valence-corrected chi connectivity index (χ3v) is 5.97. The molecule has 1 heterocycles. The normalized spacial score (nSPS) is 14.5. The molecule has 0 unspecified atom stereocenters. The lowest BCUT2D eigenvalue weighted by Crippen LogP contribution is -2.14. The minimum atomic E-state index is 0. The van der Waals surface area contributed by atoms with Gasteiger partial charge in [0.25, 0.3) is 0 Å². The molecule has 4 heteroatoms. The van der Waals surface area contributed by atoms with Crippen LogP contribution in [0.15, 0.2) is 54.7 Å². The van der Waals surface area contributed by atoms with Gasteiger partial charge in [0.1, 0.15) is 0 Å². The number of nitrogens with one attached hydrogen (secondary N) is 1. The summed E-state index contributed by atoms with van der Waals surface area (Å²) in [6.45, 7) is 3.14. The molecule has 154 valence electrons. The molecule has 1 fully saturated rings. The summed E-state index contributed by atoms with van der Waals surface area (Å²) in [5.41, 5.74) is 4.63. The van der Waals surface area contributed by atoms with Gasteiger partial charge in [-0.25, -0.2) is 0 Å². The van der Waals surface area contributed by atoms with Crippen LogP contribution in [0.3, 0.4) is 0 Å². The fraction of sp³-hybridized carbons (Fsp3) is 0.400. The van der Waals surface area contributed by atoms with Crippen molar-refractivity contribution in [3.63, 3.8) is 0 Å². The van der Waals surface area contributed by atoms with Gasteiger partial charge in [0.15, 0.2) is 0 Å². The van der Waals surface area contributed by atoms with Crippen LogP contribution in [-0.2, 0) is 17.8 Å². The monoisotopic (exact) mass is 410 g/mol. The van der Waals surface area contributed by atoms with E-state index in [1.807, 2.05) is 0 Å². The number of benzene rings is 2. The lowest BCUT2D eigenvalue weighted by molar-refractivity contribution is -0.116. The predicted octanol–water partition coefficient (Wildman–Crippen LogP) is 6.52. The highest BCUT2D eigenvalue weighted by molar-refractivity contribution is 6.02. The highest BCUT2D eigenvalue weighted by Crippen LogP contribution is 2.30. The van der Waals surface area contributed by atoms with Crippen LogP contribution in [0.4, 0.5) is 5.69 Å². The van der Waals surface area contributed by atoms with E-state index in [1.165, 1.54) is 48.7 Å². The number of nitrogens with zero attached hydrogens (tertiary/aromatic N) is 1. The van der Waals surface area contributed by atoms with Gasteiger partial charge in [-0.05, 0) is 43.7 Å². The Morgan fingerprint density at radius 3 is 2.66 bits per heavy atom. The average molecular weight is 411 g/mol. The first-order valence-corrected chi connectivity index (χ1v) is 10.6. The zero-order valence-electron chi connectivity index (χ0n) is 17.2. The number of aromatic nitrogens is 1. The summed E-state index contributed by atoms with van der Waals surface area (Å²) >= 11 is 0. The van der Waals surface area contributed by atoms with Gasteiger partial charge in [0.2, 0.25) is 5.91 Å². The lowest BCUT2D eigenvalue weighted by Gasteiger charge is -2.22. The summed E-state index contributed by atoms with van der Waals surface area (Å²) < 4.78 is 2.35. The van der Waals surface area contributed by atoms with Crippen LogP contribution in [0.2, 0.25) is 0 Å².